The van der Waals surface area contributed by atoms with Gasteiger partial charge < -0.3 is 10.6 Å². The zero-order valence-corrected chi connectivity index (χ0v) is 18.0. The summed E-state index contributed by atoms with van der Waals surface area (Å²) in [4.78, 5) is 17.8. The summed E-state index contributed by atoms with van der Waals surface area (Å²) in [6.45, 7) is 6.71. The maximum absolute atomic E-state index is 13.0. The second kappa shape index (κ2) is 8.57. The maximum atomic E-state index is 13.0. The fourth-order valence-corrected chi connectivity index (χ4v) is 4.62. The number of aryl methyl sites for hydroxylation is 1. The number of carbonyl (C=O) groups is 1. The van der Waals surface area contributed by atoms with Crippen LogP contribution in [0.15, 0.2) is 53.9 Å². The lowest BCUT2D eigenvalue weighted by molar-refractivity contribution is 0.103. The smallest absolute Gasteiger partial charge is 0.196 e. The molecule has 0 saturated carbocycles. The molecule has 0 bridgehead atoms. The van der Waals surface area contributed by atoms with Gasteiger partial charge >= 0.3 is 0 Å². The third-order valence-corrected chi connectivity index (χ3v) is 6.51. The molecule has 2 aromatic carbocycles. The summed E-state index contributed by atoms with van der Waals surface area (Å²) in [6, 6.07) is 15.7. The average Bonchev–Trinajstić information content (AvgIpc) is 3.09. The Balaban J connectivity index is 1.44. The number of carbonyl (C=O) groups excluding carboxylic acids is 1. The zero-order chi connectivity index (χ0) is 20.4. The van der Waals surface area contributed by atoms with E-state index in [9.17, 15) is 4.79 Å². The molecule has 29 heavy (non-hydrogen) atoms. The van der Waals surface area contributed by atoms with Crippen molar-refractivity contribution in [1.82, 2.24) is 4.90 Å². The number of nitrogens with zero attached hydrogens (tertiary/aromatic N) is 2. The van der Waals surface area contributed by atoms with Crippen molar-refractivity contribution in [2.45, 2.75) is 13.5 Å². The lowest BCUT2D eigenvalue weighted by Crippen LogP contribution is -2.46. The van der Waals surface area contributed by atoms with E-state index >= 15 is 0 Å². The van der Waals surface area contributed by atoms with Gasteiger partial charge in [0.2, 0.25) is 0 Å². The van der Waals surface area contributed by atoms with Gasteiger partial charge in [0.1, 0.15) is 0 Å². The largest absolute Gasteiger partial charge is 0.390 e. The molecule has 1 saturated heterocycles. The van der Waals surface area contributed by atoms with Gasteiger partial charge in [0.15, 0.2) is 5.78 Å². The minimum Gasteiger partial charge on any atom is -0.390 e. The van der Waals surface area contributed by atoms with Crippen LogP contribution in [0.5, 0.6) is 0 Å². The van der Waals surface area contributed by atoms with Crippen LogP contribution in [0.2, 0.25) is 5.02 Å². The molecule has 0 spiro atoms. The van der Waals surface area contributed by atoms with Gasteiger partial charge in [-0.15, -0.1) is 11.3 Å². The molecule has 0 aliphatic carbocycles. The Morgan fingerprint density at radius 1 is 1.03 bits per heavy atom. The number of anilines is 2. The van der Waals surface area contributed by atoms with Crippen LogP contribution in [-0.4, -0.2) is 36.9 Å². The molecule has 0 atom stereocenters. The van der Waals surface area contributed by atoms with E-state index in [2.05, 4.69) is 41.0 Å². The number of thiophene rings is 1. The molecular weight excluding hydrogens is 402 g/mol. The van der Waals surface area contributed by atoms with Crippen LogP contribution in [0.3, 0.4) is 0 Å². The summed E-state index contributed by atoms with van der Waals surface area (Å²) in [7, 11) is 0. The molecule has 0 radical (unpaired) electrons. The Labute approximate surface area is 180 Å². The third-order valence-electron chi connectivity index (χ3n) is 5.39. The first-order valence-corrected chi connectivity index (χ1v) is 11.0. The third kappa shape index (κ3) is 4.47. The van der Waals surface area contributed by atoms with E-state index in [1.54, 1.807) is 24.3 Å². The summed E-state index contributed by atoms with van der Waals surface area (Å²) >= 11 is 7.39. The highest BCUT2D eigenvalue weighted by Crippen LogP contribution is 2.29. The molecular formula is C23H24ClN3OS. The second-order valence-electron chi connectivity index (χ2n) is 7.43. The number of halogens is 1. The van der Waals surface area contributed by atoms with Crippen molar-refractivity contribution in [2.24, 2.45) is 0 Å². The summed E-state index contributed by atoms with van der Waals surface area (Å²) in [5.74, 6) is -0.0336. The molecule has 4 nitrogen and oxygen atoms in total. The van der Waals surface area contributed by atoms with Crippen molar-refractivity contribution in [1.29, 1.82) is 0 Å². The van der Waals surface area contributed by atoms with Crippen molar-refractivity contribution in [3.8, 4) is 0 Å². The van der Waals surface area contributed by atoms with Crippen LogP contribution in [-0.2, 0) is 6.54 Å². The number of ketones is 1. The molecule has 1 fully saturated rings. The van der Waals surface area contributed by atoms with Gasteiger partial charge in [-0.3, -0.25) is 9.69 Å². The first-order chi connectivity index (χ1) is 14.0. The van der Waals surface area contributed by atoms with Gasteiger partial charge in [-0.2, -0.15) is 0 Å². The van der Waals surface area contributed by atoms with Crippen LogP contribution in [0.1, 0.15) is 27.0 Å². The van der Waals surface area contributed by atoms with Crippen LogP contribution >= 0.6 is 22.9 Å². The SMILES string of the molecule is Cc1ccc(N2CCN(Cc3csc(N)c3C(=O)c3ccc(Cl)cc3)CC2)cc1. The zero-order valence-electron chi connectivity index (χ0n) is 16.4. The predicted octanol–water partition coefficient (Wildman–Crippen LogP) is 4.85. The minimum absolute atomic E-state index is 0.0336. The van der Waals surface area contributed by atoms with E-state index in [1.165, 1.54) is 22.6 Å². The average molecular weight is 426 g/mol. The molecule has 2 heterocycles. The second-order valence-corrected chi connectivity index (χ2v) is 8.78. The van der Waals surface area contributed by atoms with Crippen molar-refractivity contribution >= 4 is 39.4 Å². The molecule has 6 heteroatoms. The van der Waals surface area contributed by atoms with Gasteiger partial charge in [-0.1, -0.05) is 29.3 Å². The molecule has 3 aromatic rings. The van der Waals surface area contributed by atoms with Gasteiger partial charge in [0.05, 0.1) is 10.6 Å². The Kier molecular flexibility index (Phi) is 5.90. The lowest BCUT2D eigenvalue weighted by Gasteiger charge is -2.36. The van der Waals surface area contributed by atoms with E-state index < -0.39 is 0 Å². The van der Waals surface area contributed by atoms with E-state index in [0.717, 1.165) is 38.3 Å². The van der Waals surface area contributed by atoms with Gasteiger partial charge in [0, 0.05) is 49.0 Å². The first-order valence-electron chi connectivity index (χ1n) is 9.71. The number of piperazine rings is 1. The van der Waals surface area contributed by atoms with Crippen molar-refractivity contribution < 1.29 is 4.79 Å². The highest BCUT2D eigenvalue weighted by atomic mass is 35.5. The summed E-state index contributed by atoms with van der Waals surface area (Å²) in [6.07, 6.45) is 0. The number of benzene rings is 2. The highest BCUT2D eigenvalue weighted by Gasteiger charge is 2.23. The molecule has 4 rings (SSSR count). The first kappa shape index (κ1) is 20.0. The standard InChI is InChI=1S/C23H24ClN3OS/c1-16-2-8-20(9-3-16)27-12-10-26(11-13-27)14-18-15-29-23(25)21(18)22(28)17-4-6-19(24)7-5-17/h2-9,15H,10-14,25H2,1H3. The van der Waals surface area contributed by atoms with Crippen LogP contribution in [0.25, 0.3) is 0 Å². The van der Waals surface area contributed by atoms with E-state index in [0.29, 0.717) is 21.2 Å². The molecule has 1 aliphatic heterocycles. The summed E-state index contributed by atoms with van der Waals surface area (Å²) < 4.78 is 0. The van der Waals surface area contributed by atoms with Gasteiger partial charge in [-0.25, -0.2) is 0 Å². The molecule has 0 unspecified atom stereocenters. The van der Waals surface area contributed by atoms with Crippen LogP contribution in [0, 0.1) is 6.92 Å². The quantitative estimate of drug-likeness (QED) is 0.594. The predicted molar refractivity (Wildman–Crippen MR) is 122 cm³/mol. The normalized spacial score (nSPS) is 14.9. The van der Waals surface area contributed by atoms with Crippen molar-refractivity contribution in [2.75, 3.05) is 36.8 Å². The lowest BCUT2D eigenvalue weighted by atomic mass is 10.0. The summed E-state index contributed by atoms with van der Waals surface area (Å²) in [5.41, 5.74) is 11.0. The Morgan fingerprint density at radius 2 is 1.69 bits per heavy atom. The van der Waals surface area contributed by atoms with Gasteiger partial charge in [0.25, 0.3) is 0 Å². The van der Waals surface area contributed by atoms with E-state index in [1.807, 2.05) is 5.38 Å². The summed E-state index contributed by atoms with van der Waals surface area (Å²) in [5, 5.41) is 3.22. The van der Waals surface area contributed by atoms with E-state index in [4.69, 9.17) is 17.3 Å². The van der Waals surface area contributed by atoms with E-state index in [-0.39, 0.29) is 5.78 Å². The van der Waals surface area contributed by atoms with Crippen LogP contribution in [0.4, 0.5) is 10.7 Å². The number of hydrogen-bond donors (Lipinski definition) is 1. The highest BCUT2D eigenvalue weighted by molar-refractivity contribution is 7.14. The Morgan fingerprint density at radius 3 is 2.34 bits per heavy atom. The molecule has 1 aromatic heterocycles. The molecule has 2 N–H and O–H groups in total. The topological polar surface area (TPSA) is 49.6 Å². The maximum Gasteiger partial charge on any atom is 0.196 e. The Bertz CT molecular complexity index is 990. The molecule has 1 aliphatic rings. The van der Waals surface area contributed by atoms with Gasteiger partial charge in [-0.05, 0) is 54.3 Å². The van der Waals surface area contributed by atoms with Crippen molar-refractivity contribution in [3.05, 3.63) is 81.2 Å². The molecule has 0 amide bonds. The number of rotatable bonds is 5. The minimum atomic E-state index is -0.0336. The Hall–Kier alpha value is -2.34. The molecule has 150 valence electrons. The fourth-order valence-electron chi connectivity index (χ4n) is 3.69. The monoisotopic (exact) mass is 425 g/mol. The van der Waals surface area contributed by atoms with Crippen LogP contribution < -0.4 is 10.6 Å². The number of nitrogen functional groups attached to an aromatic ring is 1. The fraction of sp³-hybridized carbons (Fsp3) is 0.261. The van der Waals surface area contributed by atoms with Crippen molar-refractivity contribution in [3.63, 3.8) is 0 Å². The number of hydrogen-bond acceptors (Lipinski definition) is 5. The number of nitrogens with two attached hydrogens (primary N) is 1.